The van der Waals surface area contributed by atoms with Gasteiger partial charge < -0.3 is 9.72 Å². The summed E-state index contributed by atoms with van der Waals surface area (Å²) in [7, 11) is 1.75. The molecule has 2 saturated carbocycles. The number of H-pyrrole nitrogens is 1. The van der Waals surface area contributed by atoms with E-state index in [0.29, 0.717) is 5.92 Å². The number of methoxy groups -OCH3 is 1. The molecule has 0 atom stereocenters. The van der Waals surface area contributed by atoms with Crippen molar-refractivity contribution >= 4 is 0 Å². The predicted octanol–water partition coefficient (Wildman–Crippen LogP) is 2.84. The molecule has 1 aromatic heterocycles. The zero-order valence-corrected chi connectivity index (χ0v) is 11.6. The van der Waals surface area contributed by atoms with Crippen molar-refractivity contribution in [3.05, 3.63) is 27.9 Å². The van der Waals surface area contributed by atoms with Crippen molar-refractivity contribution < 1.29 is 4.74 Å². The van der Waals surface area contributed by atoms with E-state index in [4.69, 9.17) is 9.72 Å². The van der Waals surface area contributed by atoms with Gasteiger partial charge in [-0.3, -0.25) is 4.79 Å². The Balaban J connectivity index is 1.99. The molecule has 0 unspecified atom stereocenters. The average molecular weight is 262 g/mol. The highest BCUT2D eigenvalue weighted by Crippen LogP contribution is 2.41. The minimum absolute atomic E-state index is 0.0347. The molecule has 0 aliphatic heterocycles. The summed E-state index contributed by atoms with van der Waals surface area (Å²) < 4.78 is 5.82. The van der Waals surface area contributed by atoms with Crippen molar-refractivity contribution in [2.24, 2.45) is 0 Å². The topological polar surface area (TPSA) is 55.0 Å². The van der Waals surface area contributed by atoms with Gasteiger partial charge in [0.15, 0.2) is 0 Å². The third-order valence-electron chi connectivity index (χ3n) is 4.49. The van der Waals surface area contributed by atoms with E-state index in [1.54, 1.807) is 13.2 Å². The zero-order valence-electron chi connectivity index (χ0n) is 11.6. The molecule has 2 aliphatic rings. The third kappa shape index (κ3) is 2.59. The van der Waals surface area contributed by atoms with Crippen LogP contribution in [0, 0.1) is 0 Å². The van der Waals surface area contributed by atoms with Crippen LogP contribution in [-0.2, 0) is 10.3 Å². The minimum Gasteiger partial charge on any atom is -0.370 e. The van der Waals surface area contributed by atoms with Crippen LogP contribution in [0.4, 0.5) is 0 Å². The molecule has 1 N–H and O–H groups in total. The lowest BCUT2D eigenvalue weighted by molar-refractivity contribution is -0.0355. The Morgan fingerprint density at radius 3 is 2.53 bits per heavy atom. The van der Waals surface area contributed by atoms with Gasteiger partial charge in [-0.1, -0.05) is 25.7 Å². The Morgan fingerprint density at radius 1 is 1.26 bits per heavy atom. The maximum absolute atomic E-state index is 11.9. The zero-order chi connectivity index (χ0) is 13.3. The van der Waals surface area contributed by atoms with Gasteiger partial charge in [0, 0.05) is 19.1 Å². The van der Waals surface area contributed by atoms with Crippen LogP contribution in [0.1, 0.15) is 68.8 Å². The van der Waals surface area contributed by atoms with Gasteiger partial charge in [-0.15, -0.1) is 0 Å². The summed E-state index contributed by atoms with van der Waals surface area (Å²) in [5, 5.41) is 0. The van der Waals surface area contributed by atoms with Gasteiger partial charge in [0.25, 0.3) is 5.56 Å². The summed E-state index contributed by atoms with van der Waals surface area (Å²) in [6.07, 6.45) is 9.03. The molecule has 0 amide bonds. The summed E-state index contributed by atoms with van der Waals surface area (Å²) in [4.78, 5) is 19.5. The molecule has 0 saturated heterocycles. The van der Waals surface area contributed by atoms with Crippen molar-refractivity contribution in [2.75, 3.05) is 7.11 Å². The van der Waals surface area contributed by atoms with Crippen LogP contribution in [-0.4, -0.2) is 17.1 Å². The monoisotopic (exact) mass is 262 g/mol. The molecular formula is C15H22N2O2. The van der Waals surface area contributed by atoms with Gasteiger partial charge in [-0.05, 0) is 25.7 Å². The fourth-order valence-electron chi connectivity index (χ4n) is 3.12. The molecule has 2 fully saturated rings. The summed E-state index contributed by atoms with van der Waals surface area (Å²) in [5.41, 5.74) is 0.549. The fraction of sp³-hybridized carbons (Fsp3) is 0.733. The van der Waals surface area contributed by atoms with Crippen molar-refractivity contribution in [1.29, 1.82) is 0 Å². The third-order valence-corrected chi connectivity index (χ3v) is 4.49. The number of rotatable bonds is 3. The largest absolute Gasteiger partial charge is 0.370 e. The first-order valence-electron chi connectivity index (χ1n) is 7.40. The predicted molar refractivity (Wildman–Crippen MR) is 73.2 cm³/mol. The molecule has 0 spiro atoms. The van der Waals surface area contributed by atoms with Gasteiger partial charge in [0.2, 0.25) is 0 Å². The molecule has 0 radical (unpaired) electrons. The van der Waals surface area contributed by atoms with E-state index < -0.39 is 0 Å². The van der Waals surface area contributed by atoms with E-state index in [1.807, 2.05) is 0 Å². The van der Waals surface area contributed by atoms with Crippen LogP contribution in [0.25, 0.3) is 0 Å². The molecule has 4 nitrogen and oxygen atoms in total. The molecule has 4 heteroatoms. The first-order chi connectivity index (χ1) is 9.23. The Morgan fingerprint density at radius 2 is 1.95 bits per heavy atom. The van der Waals surface area contributed by atoms with Gasteiger partial charge in [0.05, 0.1) is 5.69 Å². The molecule has 104 valence electrons. The summed E-state index contributed by atoms with van der Waals surface area (Å²) in [6, 6.07) is 1.65. The Bertz CT molecular complexity index is 497. The highest BCUT2D eigenvalue weighted by Gasteiger charge is 2.36. The van der Waals surface area contributed by atoms with E-state index in [9.17, 15) is 4.79 Å². The number of aromatic nitrogens is 2. The molecule has 2 aliphatic carbocycles. The molecule has 3 rings (SSSR count). The van der Waals surface area contributed by atoms with E-state index in [1.165, 1.54) is 12.8 Å². The molecule has 1 aromatic rings. The molecule has 0 bridgehead atoms. The molecular weight excluding hydrogens is 240 g/mol. The smallest absolute Gasteiger partial charge is 0.251 e. The summed E-state index contributed by atoms with van der Waals surface area (Å²) in [5.74, 6) is 1.26. The SMILES string of the molecule is COC1(c2nc(C3CC3)cc(=O)[nH]2)CCCCCC1. The van der Waals surface area contributed by atoms with Crippen LogP contribution in [0.15, 0.2) is 10.9 Å². The van der Waals surface area contributed by atoms with E-state index in [-0.39, 0.29) is 11.2 Å². The minimum atomic E-state index is -0.374. The normalized spacial score (nSPS) is 23.0. The summed E-state index contributed by atoms with van der Waals surface area (Å²) >= 11 is 0. The second kappa shape index (κ2) is 5.08. The van der Waals surface area contributed by atoms with Crippen LogP contribution < -0.4 is 5.56 Å². The molecule has 0 aromatic carbocycles. The first-order valence-corrected chi connectivity index (χ1v) is 7.40. The molecule has 19 heavy (non-hydrogen) atoms. The van der Waals surface area contributed by atoms with Crippen molar-refractivity contribution in [3.63, 3.8) is 0 Å². The number of hydrogen-bond acceptors (Lipinski definition) is 3. The lowest BCUT2D eigenvalue weighted by atomic mass is 9.93. The second-order valence-electron chi connectivity index (χ2n) is 5.91. The standard InChI is InChI=1S/C15H22N2O2/c1-19-15(8-4-2-3-5-9-15)14-16-12(11-6-7-11)10-13(18)17-14/h10-11H,2-9H2,1H3,(H,16,17,18). The van der Waals surface area contributed by atoms with Crippen LogP contribution in [0.5, 0.6) is 0 Å². The van der Waals surface area contributed by atoms with Gasteiger partial charge in [0.1, 0.15) is 11.4 Å². The van der Waals surface area contributed by atoms with Gasteiger partial charge >= 0.3 is 0 Å². The lowest BCUT2D eigenvalue weighted by Crippen LogP contribution is -2.33. The van der Waals surface area contributed by atoms with Crippen LogP contribution in [0.2, 0.25) is 0 Å². The number of ether oxygens (including phenoxy) is 1. The van der Waals surface area contributed by atoms with Crippen LogP contribution in [0.3, 0.4) is 0 Å². The average Bonchev–Trinajstić information content (AvgIpc) is 3.25. The van der Waals surface area contributed by atoms with Crippen molar-refractivity contribution in [3.8, 4) is 0 Å². The van der Waals surface area contributed by atoms with Gasteiger partial charge in [-0.2, -0.15) is 0 Å². The highest BCUT2D eigenvalue weighted by molar-refractivity contribution is 5.17. The highest BCUT2D eigenvalue weighted by atomic mass is 16.5. The first kappa shape index (κ1) is 12.9. The number of hydrogen-bond donors (Lipinski definition) is 1. The Hall–Kier alpha value is -1.16. The van der Waals surface area contributed by atoms with Gasteiger partial charge in [-0.25, -0.2) is 4.98 Å². The maximum atomic E-state index is 11.9. The molecule has 1 heterocycles. The van der Waals surface area contributed by atoms with Crippen molar-refractivity contribution in [1.82, 2.24) is 9.97 Å². The number of aromatic amines is 1. The fourth-order valence-corrected chi connectivity index (χ4v) is 3.12. The quantitative estimate of drug-likeness (QED) is 0.852. The summed E-state index contributed by atoms with van der Waals surface area (Å²) in [6.45, 7) is 0. The van der Waals surface area contributed by atoms with E-state index in [0.717, 1.165) is 50.0 Å². The van der Waals surface area contributed by atoms with Crippen molar-refractivity contribution in [2.45, 2.75) is 62.9 Å². The Labute approximate surface area is 113 Å². The Kier molecular flexibility index (Phi) is 3.44. The maximum Gasteiger partial charge on any atom is 0.251 e. The lowest BCUT2D eigenvalue weighted by Gasteiger charge is -2.30. The van der Waals surface area contributed by atoms with Crippen LogP contribution >= 0.6 is 0 Å². The number of nitrogens with zero attached hydrogens (tertiary/aromatic N) is 1. The number of nitrogens with one attached hydrogen (secondary N) is 1. The second-order valence-corrected chi connectivity index (χ2v) is 5.91. The van der Waals surface area contributed by atoms with E-state index >= 15 is 0 Å². The van der Waals surface area contributed by atoms with E-state index in [2.05, 4.69) is 4.98 Å².